The molecule has 0 fully saturated rings. The number of nitrogens with one attached hydrogen (secondary N) is 1. The van der Waals surface area contributed by atoms with Crippen molar-refractivity contribution in [3.63, 3.8) is 0 Å². The van der Waals surface area contributed by atoms with Gasteiger partial charge in [-0.1, -0.05) is 18.2 Å². The third kappa shape index (κ3) is 3.31. The van der Waals surface area contributed by atoms with E-state index < -0.39 is 0 Å². The van der Waals surface area contributed by atoms with Crippen molar-refractivity contribution in [1.82, 2.24) is 0 Å². The first-order valence-corrected chi connectivity index (χ1v) is 6.59. The summed E-state index contributed by atoms with van der Waals surface area (Å²) in [4.78, 5) is 13.9. The van der Waals surface area contributed by atoms with Crippen LogP contribution in [-0.2, 0) is 0 Å². The van der Waals surface area contributed by atoms with Crippen molar-refractivity contribution in [3.8, 4) is 6.07 Å². The van der Waals surface area contributed by atoms with Crippen molar-refractivity contribution >= 4 is 23.1 Å². The van der Waals surface area contributed by atoms with Crippen LogP contribution in [0.1, 0.15) is 12.5 Å². The second kappa shape index (κ2) is 6.44. The van der Waals surface area contributed by atoms with Gasteiger partial charge in [0.25, 0.3) is 0 Å². The van der Waals surface area contributed by atoms with Crippen molar-refractivity contribution in [2.24, 2.45) is 0 Å². The van der Waals surface area contributed by atoms with Crippen LogP contribution in [0, 0.1) is 11.3 Å². The van der Waals surface area contributed by atoms with Crippen molar-refractivity contribution < 1.29 is 4.79 Å². The van der Waals surface area contributed by atoms with Crippen molar-refractivity contribution in [1.29, 1.82) is 5.26 Å². The molecule has 2 aromatic rings. The second-order valence-electron chi connectivity index (χ2n) is 4.43. The zero-order valence-corrected chi connectivity index (χ0v) is 11.7. The van der Waals surface area contributed by atoms with E-state index in [1.54, 1.807) is 41.3 Å². The van der Waals surface area contributed by atoms with Crippen LogP contribution >= 0.6 is 0 Å². The Kier molecular flexibility index (Phi) is 4.42. The first-order valence-electron chi connectivity index (χ1n) is 6.59. The molecule has 2 aromatic carbocycles. The molecule has 0 radical (unpaired) electrons. The quantitative estimate of drug-likeness (QED) is 0.847. The number of rotatable bonds is 3. The molecular weight excluding hydrogens is 264 g/mol. The highest BCUT2D eigenvalue weighted by molar-refractivity contribution is 6.03. The number of urea groups is 1. The molecule has 0 aliphatic rings. The topological polar surface area (TPSA) is 82.2 Å². The Morgan fingerprint density at radius 2 is 2.05 bits per heavy atom. The van der Waals surface area contributed by atoms with Gasteiger partial charge in [0.2, 0.25) is 0 Å². The highest BCUT2D eigenvalue weighted by atomic mass is 16.2. The molecule has 0 unspecified atom stereocenters. The van der Waals surface area contributed by atoms with Gasteiger partial charge in [-0.25, -0.2) is 4.79 Å². The number of nitriles is 1. The predicted octanol–water partition coefficient (Wildman–Crippen LogP) is 3.20. The van der Waals surface area contributed by atoms with Crippen molar-refractivity contribution in [2.75, 3.05) is 22.5 Å². The molecule has 0 atom stereocenters. The zero-order chi connectivity index (χ0) is 15.2. The number of carbonyl (C=O) groups excluding carboxylic acids is 1. The number of nitrogen functional groups attached to an aromatic ring is 1. The number of carbonyl (C=O) groups is 1. The van der Waals surface area contributed by atoms with E-state index in [2.05, 4.69) is 5.32 Å². The Morgan fingerprint density at radius 1 is 1.29 bits per heavy atom. The summed E-state index contributed by atoms with van der Waals surface area (Å²) in [6, 6.07) is 15.7. The molecule has 106 valence electrons. The average Bonchev–Trinajstić information content (AvgIpc) is 2.50. The molecule has 3 N–H and O–H groups in total. The van der Waals surface area contributed by atoms with Crippen LogP contribution in [0.2, 0.25) is 0 Å². The standard InChI is InChI=1S/C16H16N4O/c1-2-20(15-9-4-3-8-14(15)18)16(21)19-13-7-5-6-12(10-13)11-17/h3-10H,2,18H2,1H3,(H,19,21). The van der Waals surface area contributed by atoms with E-state index >= 15 is 0 Å². The Labute approximate surface area is 123 Å². The molecule has 5 nitrogen and oxygen atoms in total. The minimum atomic E-state index is -0.287. The lowest BCUT2D eigenvalue weighted by Gasteiger charge is -2.23. The Hall–Kier alpha value is -3.00. The van der Waals surface area contributed by atoms with Crippen molar-refractivity contribution in [2.45, 2.75) is 6.92 Å². The predicted molar refractivity (Wildman–Crippen MR) is 84.1 cm³/mol. The second-order valence-corrected chi connectivity index (χ2v) is 4.43. The van der Waals surface area contributed by atoms with E-state index in [0.29, 0.717) is 29.2 Å². The lowest BCUT2D eigenvalue weighted by Crippen LogP contribution is -2.35. The fraction of sp³-hybridized carbons (Fsp3) is 0.125. The van der Waals surface area contributed by atoms with E-state index in [4.69, 9.17) is 11.0 Å². The molecule has 0 spiro atoms. The number of hydrogen-bond donors (Lipinski definition) is 2. The van der Waals surface area contributed by atoms with E-state index in [1.165, 1.54) is 0 Å². The molecular formula is C16H16N4O. The van der Waals surface area contributed by atoms with E-state index in [0.717, 1.165) is 0 Å². The lowest BCUT2D eigenvalue weighted by molar-refractivity contribution is 0.257. The fourth-order valence-corrected chi connectivity index (χ4v) is 2.01. The van der Waals surface area contributed by atoms with Gasteiger partial charge < -0.3 is 11.1 Å². The van der Waals surface area contributed by atoms with Crippen LogP contribution in [0.5, 0.6) is 0 Å². The van der Waals surface area contributed by atoms with Gasteiger partial charge in [-0.15, -0.1) is 0 Å². The minimum Gasteiger partial charge on any atom is -0.397 e. The van der Waals surface area contributed by atoms with E-state index in [1.807, 2.05) is 25.1 Å². The molecule has 0 saturated carbocycles. The highest BCUT2D eigenvalue weighted by Gasteiger charge is 2.16. The van der Waals surface area contributed by atoms with Crippen LogP contribution < -0.4 is 16.0 Å². The summed E-state index contributed by atoms with van der Waals surface area (Å²) < 4.78 is 0. The summed E-state index contributed by atoms with van der Waals surface area (Å²) in [5.41, 5.74) is 8.18. The number of nitrogens with two attached hydrogens (primary N) is 1. The van der Waals surface area contributed by atoms with Gasteiger partial charge in [-0.05, 0) is 37.3 Å². The third-order valence-corrected chi connectivity index (χ3v) is 3.03. The molecule has 2 rings (SSSR count). The van der Waals surface area contributed by atoms with Gasteiger partial charge in [0, 0.05) is 12.2 Å². The third-order valence-electron chi connectivity index (χ3n) is 3.03. The van der Waals surface area contributed by atoms with Crippen LogP contribution in [0.4, 0.5) is 21.9 Å². The minimum absolute atomic E-state index is 0.287. The van der Waals surface area contributed by atoms with Crippen LogP contribution in [0.25, 0.3) is 0 Å². The summed E-state index contributed by atoms with van der Waals surface area (Å²) in [6.45, 7) is 2.36. The van der Waals surface area contributed by atoms with Crippen LogP contribution in [0.3, 0.4) is 0 Å². The monoisotopic (exact) mass is 280 g/mol. The number of nitrogens with zero attached hydrogens (tertiary/aromatic N) is 2. The Morgan fingerprint density at radius 3 is 2.71 bits per heavy atom. The molecule has 0 saturated heterocycles. The lowest BCUT2D eigenvalue weighted by atomic mass is 10.2. The smallest absolute Gasteiger partial charge is 0.326 e. The SMILES string of the molecule is CCN(C(=O)Nc1cccc(C#N)c1)c1ccccc1N. The maximum Gasteiger partial charge on any atom is 0.326 e. The van der Waals surface area contributed by atoms with Gasteiger partial charge in [0.15, 0.2) is 0 Å². The first-order chi connectivity index (χ1) is 10.2. The van der Waals surface area contributed by atoms with E-state index in [-0.39, 0.29) is 6.03 Å². The molecule has 21 heavy (non-hydrogen) atoms. The molecule has 0 bridgehead atoms. The Balaban J connectivity index is 2.21. The fourth-order valence-electron chi connectivity index (χ4n) is 2.01. The molecule has 0 aliphatic carbocycles. The Bertz CT molecular complexity index is 691. The number of hydrogen-bond acceptors (Lipinski definition) is 3. The van der Waals surface area contributed by atoms with Gasteiger partial charge in [0.1, 0.15) is 0 Å². The molecule has 0 heterocycles. The summed E-state index contributed by atoms with van der Waals surface area (Å²) in [5, 5.41) is 11.6. The number of anilines is 3. The highest BCUT2D eigenvalue weighted by Crippen LogP contribution is 2.23. The van der Waals surface area contributed by atoms with Gasteiger partial charge in [-0.3, -0.25) is 4.90 Å². The molecule has 2 amide bonds. The largest absolute Gasteiger partial charge is 0.397 e. The van der Waals surface area contributed by atoms with Gasteiger partial charge >= 0.3 is 6.03 Å². The van der Waals surface area contributed by atoms with Crippen LogP contribution in [-0.4, -0.2) is 12.6 Å². The number of para-hydroxylation sites is 2. The molecule has 5 heteroatoms. The van der Waals surface area contributed by atoms with E-state index in [9.17, 15) is 4.79 Å². The number of amides is 2. The normalized spacial score (nSPS) is 9.71. The maximum atomic E-state index is 12.4. The molecule has 0 aliphatic heterocycles. The summed E-state index contributed by atoms with van der Waals surface area (Å²) >= 11 is 0. The van der Waals surface area contributed by atoms with Crippen molar-refractivity contribution in [3.05, 3.63) is 54.1 Å². The summed E-state index contributed by atoms with van der Waals surface area (Å²) in [7, 11) is 0. The zero-order valence-electron chi connectivity index (χ0n) is 11.7. The van der Waals surface area contributed by atoms with Gasteiger partial charge in [-0.2, -0.15) is 5.26 Å². The van der Waals surface area contributed by atoms with Crippen LogP contribution in [0.15, 0.2) is 48.5 Å². The summed E-state index contributed by atoms with van der Waals surface area (Å²) in [6.07, 6.45) is 0. The molecule has 0 aromatic heterocycles. The number of benzene rings is 2. The average molecular weight is 280 g/mol. The maximum absolute atomic E-state index is 12.4. The summed E-state index contributed by atoms with van der Waals surface area (Å²) in [5.74, 6) is 0. The first kappa shape index (κ1) is 14.4. The van der Waals surface area contributed by atoms with Gasteiger partial charge in [0.05, 0.1) is 23.0 Å².